The van der Waals surface area contributed by atoms with E-state index in [0.717, 1.165) is 0 Å². The summed E-state index contributed by atoms with van der Waals surface area (Å²) in [4.78, 5) is 0. The van der Waals surface area contributed by atoms with Crippen LogP contribution in [-0.4, -0.2) is 26.8 Å². The van der Waals surface area contributed by atoms with Crippen molar-refractivity contribution in [2.24, 2.45) is 0 Å². The van der Waals surface area contributed by atoms with Gasteiger partial charge >= 0.3 is 0 Å². The van der Waals surface area contributed by atoms with E-state index in [1.165, 1.54) is 5.48 Å². The quantitative estimate of drug-likeness (QED) is 0.188. The normalized spacial score (nSPS) is 12.8. The first kappa shape index (κ1) is 7.22. The summed E-state index contributed by atoms with van der Waals surface area (Å²) in [7, 11) is 0. The zero-order valence-electron chi connectivity index (χ0n) is 3.94. The number of aliphatic hydroxyl groups is 3. The summed E-state index contributed by atoms with van der Waals surface area (Å²) >= 11 is 0. The molecular formula is C3H7NO4. The highest BCUT2D eigenvalue weighted by Gasteiger charge is 1.95. The number of rotatable bonds is 2. The summed E-state index contributed by atoms with van der Waals surface area (Å²) in [6.45, 7) is 0. The zero-order chi connectivity index (χ0) is 6.57. The van der Waals surface area contributed by atoms with Crippen molar-refractivity contribution in [3.05, 3.63) is 12.0 Å². The highest BCUT2D eigenvalue weighted by atomic mass is 16.5. The minimum absolute atomic E-state index is 0.611. The summed E-state index contributed by atoms with van der Waals surface area (Å²) < 4.78 is 0. The van der Waals surface area contributed by atoms with Crippen molar-refractivity contribution in [2.45, 2.75) is 6.23 Å². The molecule has 0 saturated heterocycles. The maximum Gasteiger partial charge on any atom is 0.273 e. The molecule has 0 aliphatic heterocycles. The third kappa shape index (κ3) is 3.41. The van der Waals surface area contributed by atoms with Gasteiger partial charge in [-0.2, -0.15) is 5.48 Å². The van der Waals surface area contributed by atoms with Gasteiger partial charge in [-0.1, -0.05) is 0 Å². The molecule has 5 nitrogen and oxygen atoms in total. The van der Waals surface area contributed by atoms with Crippen LogP contribution in [-0.2, 0) is 0 Å². The third-order valence-electron chi connectivity index (χ3n) is 0.439. The highest BCUT2D eigenvalue weighted by Crippen LogP contribution is 1.82. The van der Waals surface area contributed by atoms with E-state index in [1.807, 2.05) is 0 Å². The lowest BCUT2D eigenvalue weighted by atomic mass is 10.5. The summed E-state index contributed by atoms with van der Waals surface area (Å²) in [6, 6.07) is 0. The SMILES string of the molecule is ONC(O)C=C(O)O. The Bertz CT molecular complexity index is 87.3. The molecule has 0 radical (unpaired) electrons. The standard InChI is InChI=1S/C3H7NO4/c5-2(4-8)1-3(6)7/h1-2,4-8H. The Morgan fingerprint density at radius 3 is 2.12 bits per heavy atom. The number of hydrogen-bond donors (Lipinski definition) is 5. The van der Waals surface area contributed by atoms with Crippen molar-refractivity contribution < 1.29 is 20.5 Å². The summed E-state index contributed by atoms with van der Waals surface area (Å²) in [6.07, 6.45) is -0.819. The summed E-state index contributed by atoms with van der Waals surface area (Å²) in [5, 5.41) is 32.0. The lowest BCUT2D eigenvalue weighted by Crippen LogP contribution is -2.22. The lowest BCUT2D eigenvalue weighted by Gasteiger charge is -1.98. The smallest absolute Gasteiger partial charge is 0.273 e. The van der Waals surface area contributed by atoms with Gasteiger partial charge in [0.15, 0.2) is 6.23 Å². The highest BCUT2D eigenvalue weighted by molar-refractivity contribution is 4.83. The molecule has 0 bridgehead atoms. The van der Waals surface area contributed by atoms with E-state index in [1.54, 1.807) is 0 Å². The van der Waals surface area contributed by atoms with Crippen LogP contribution in [0.25, 0.3) is 0 Å². The van der Waals surface area contributed by atoms with Gasteiger partial charge in [0.2, 0.25) is 0 Å². The van der Waals surface area contributed by atoms with Crippen LogP contribution in [0, 0.1) is 0 Å². The second-order valence-electron chi connectivity index (χ2n) is 1.10. The predicted molar refractivity (Wildman–Crippen MR) is 24.3 cm³/mol. The zero-order valence-corrected chi connectivity index (χ0v) is 3.94. The maximum atomic E-state index is 8.27. The molecule has 0 fully saturated rings. The molecule has 5 N–H and O–H groups in total. The first-order valence-electron chi connectivity index (χ1n) is 1.84. The number of nitrogens with one attached hydrogen (secondary N) is 1. The van der Waals surface area contributed by atoms with Gasteiger partial charge in [-0.05, 0) is 0 Å². The molecule has 0 amide bonds. The molecule has 8 heavy (non-hydrogen) atoms. The number of aliphatic hydroxyl groups excluding tert-OH is 2. The van der Waals surface area contributed by atoms with Crippen molar-refractivity contribution in [3.8, 4) is 0 Å². The second kappa shape index (κ2) is 3.25. The molecule has 0 aromatic carbocycles. The van der Waals surface area contributed by atoms with Crippen molar-refractivity contribution in [2.75, 3.05) is 0 Å². The number of hydroxylamine groups is 1. The topological polar surface area (TPSA) is 93.0 Å². The molecule has 0 aromatic heterocycles. The molecule has 0 saturated carbocycles. The summed E-state index contributed by atoms with van der Waals surface area (Å²) in [5.74, 6) is -1.04. The first-order valence-corrected chi connectivity index (χ1v) is 1.84. The van der Waals surface area contributed by atoms with Gasteiger partial charge in [-0.3, -0.25) is 0 Å². The van der Waals surface area contributed by atoms with Crippen LogP contribution in [0.4, 0.5) is 0 Å². The Morgan fingerprint density at radius 1 is 1.50 bits per heavy atom. The molecule has 1 atom stereocenters. The monoisotopic (exact) mass is 121 g/mol. The Morgan fingerprint density at radius 2 is 2.00 bits per heavy atom. The molecule has 0 heterocycles. The maximum absolute atomic E-state index is 8.27. The van der Waals surface area contributed by atoms with Crippen molar-refractivity contribution >= 4 is 0 Å². The van der Waals surface area contributed by atoms with Crippen molar-refractivity contribution in [1.29, 1.82) is 0 Å². The second-order valence-corrected chi connectivity index (χ2v) is 1.10. The first-order chi connectivity index (χ1) is 3.66. The van der Waals surface area contributed by atoms with E-state index in [9.17, 15) is 0 Å². The molecule has 0 aliphatic rings. The van der Waals surface area contributed by atoms with Gasteiger partial charge in [-0.15, -0.1) is 0 Å². The Hall–Kier alpha value is -0.780. The van der Waals surface area contributed by atoms with Crippen LogP contribution in [0.5, 0.6) is 0 Å². The minimum Gasteiger partial charge on any atom is -0.481 e. The van der Waals surface area contributed by atoms with Crippen LogP contribution in [0.2, 0.25) is 0 Å². The number of hydrogen-bond acceptors (Lipinski definition) is 5. The van der Waals surface area contributed by atoms with E-state index in [4.69, 9.17) is 20.5 Å². The molecule has 5 heteroatoms. The fraction of sp³-hybridized carbons (Fsp3) is 0.333. The van der Waals surface area contributed by atoms with Gasteiger partial charge in [-0.25, -0.2) is 0 Å². The Labute approximate surface area is 45.5 Å². The lowest BCUT2D eigenvalue weighted by molar-refractivity contribution is 0.0260. The Kier molecular flexibility index (Phi) is 2.93. The third-order valence-corrected chi connectivity index (χ3v) is 0.439. The van der Waals surface area contributed by atoms with Crippen LogP contribution in [0.3, 0.4) is 0 Å². The van der Waals surface area contributed by atoms with Gasteiger partial charge in [0.05, 0.1) is 0 Å². The molecule has 0 aliphatic carbocycles. The average molecular weight is 121 g/mol. The molecular weight excluding hydrogens is 114 g/mol. The molecule has 0 rings (SSSR count). The Balaban J connectivity index is 3.51. The van der Waals surface area contributed by atoms with E-state index in [-0.39, 0.29) is 0 Å². The van der Waals surface area contributed by atoms with E-state index in [2.05, 4.69) is 0 Å². The molecule has 0 spiro atoms. The van der Waals surface area contributed by atoms with Gasteiger partial charge in [0.25, 0.3) is 5.95 Å². The molecule has 1 unspecified atom stereocenters. The van der Waals surface area contributed by atoms with E-state index < -0.39 is 12.2 Å². The van der Waals surface area contributed by atoms with Crippen LogP contribution >= 0.6 is 0 Å². The predicted octanol–water partition coefficient (Wildman–Crippen LogP) is -0.759. The van der Waals surface area contributed by atoms with Gasteiger partial charge in [0.1, 0.15) is 0 Å². The van der Waals surface area contributed by atoms with Crippen molar-refractivity contribution in [1.82, 2.24) is 5.48 Å². The largest absolute Gasteiger partial charge is 0.481 e. The van der Waals surface area contributed by atoms with E-state index >= 15 is 0 Å². The van der Waals surface area contributed by atoms with Crippen molar-refractivity contribution in [3.63, 3.8) is 0 Å². The van der Waals surface area contributed by atoms with Crippen LogP contribution in [0.1, 0.15) is 0 Å². The van der Waals surface area contributed by atoms with Crippen LogP contribution in [0.15, 0.2) is 12.0 Å². The minimum atomic E-state index is -1.43. The average Bonchev–Trinajstić information content (AvgIpc) is 1.65. The molecule has 0 aromatic rings. The fourth-order valence-corrected chi connectivity index (χ4v) is 0.178. The summed E-state index contributed by atoms with van der Waals surface area (Å²) in [5.41, 5.74) is 1.36. The van der Waals surface area contributed by atoms with Gasteiger partial charge in [0, 0.05) is 6.08 Å². The van der Waals surface area contributed by atoms with Crippen LogP contribution < -0.4 is 5.48 Å². The van der Waals surface area contributed by atoms with Gasteiger partial charge < -0.3 is 20.5 Å². The fourth-order valence-electron chi connectivity index (χ4n) is 0.178. The van der Waals surface area contributed by atoms with E-state index in [0.29, 0.717) is 6.08 Å². The molecule has 48 valence electrons.